The molecular weight excluding hydrogens is 549 g/mol. The van der Waals surface area contributed by atoms with E-state index in [1.807, 2.05) is 30.9 Å². The average molecular weight is 583 g/mol. The van der Waals surface area contributed by atoms with Crippen molar-refractivity contribution in [3.8, 4) is 11.6 Å². The minimum Gasteiger partial charge on any atom is -0.493 e. The maximum absolute atomic E-state index is 13.8. The SMILES string of the molecule is CCN(CC)C(c1ccnc(N2CCN(C)CC2)c1)n1c(C)c(O)n(-c2ccc(S(=O)(=O)C(F)(F)F)cc2)c1=O. The van der Waals surface area contributed by atoms with E-state index in [-0.39, 0.29) is 11.4 Å². The number of hydrogen-bond acceptors (Lipinski definition) is 8. The third-order valence-corrected chi connectivity index (χ3v) is 8.80. The van der Waals surface area contributed by atoms with Crippen molar-refractivity contribution in [1.82, 2.24) is 23.9 Å². The van der Waals surface area contributed by atoms with E-state index in [0.717, 1.165) is 66.4 Å². The van der Waals surface area contributed by atoms with E-state index in [1.165, 1.54) is 4.57 Å². The highest BCUT2D eigenvalue weighted by molar-refractivity contribution is 7.92. The molecule has 1 saturated heterocycles. The molecule has 1 unspecified atom stereocenters. The van der Waals surface area contributed by atoms with Crippen LogP contribution in [0, 0.1) is 6.92 Å². The Kier molecular flexibility index (Phi) is 8.33. The van der Waals surface area contributed by atoms with Crippen LogP contribution in [0.2, 0.25) is 0 Å². The van der Waals surface area contributed by atoms with Crippen LogP contribution in [0.5, 0.6) is 5.88 Å². The summed E-state index contributed by atoms with van der Waals surface area (Å²) in [5.74, 6) is 0.375. The predicted octanol–water partition coefficient (Wildman–Crippen LogP) is 2.98. The first-order chi connectivity index (χ1) is 18.8. The first-order valence-corrected chi connectivity index (χ1v) is 14.4. The number of rotatable bonds is 8. The standard InChI is InChI=1S/C26H33F3N6O4S/c1-5-32(6-2)23(19-11-12-30-22(17-19)33-15-13-31(4)14-16-33)34-18(3)24(36)35(25(34)37)20-7-9-21(10-8-20)40(38,39)26(27,28)29/h7-12,17,23,36H,5-6,13-16H2,1-4H3. The summed E-state index contributed by atoms with van der Waals surface area (Å²) in [6.45, 7) is 10.0. The monoisotopic (exact) mass is 582 g/mol. The number of aromatic hydroxyl groups is 1. The number of sulfone groups is 1. The van der Waals surface area contributed by atoms with Gasteiger partial charge in [0.1, 0.15) is 12.0 Å². The Hall–Kier alpha value is -3.36. The minimum atomic E-state index is -5.56. The molecule has 2 aromatic heterocycles. The van der Waals surface area contributed by atoms with Gasteiger partial charge < -0.3 is 14.9 Å². The fourth-order valence-electron chi connectivity index (χ4n) is 4.94. The summed E-state index contributed by atoms with van der Waals surface area (Å²) in [6, 6.07) is 7.42. The van der Waals surface area contributed by atoms with Crippen LogP contribution in [0.1, 0.15) is 31.3 Å². The Labute approximate surface area is 230 Å². The highest BCUT2D eigenvalue weighted by Crippen LogP contribution is 2.32. The van der Waals surface area contributed by atoms with Crippen LogP contribution in [0.4, 0.5) is 19.0 Å². The lowest BCUT2D eigenvalue weighted by molar-refractivity contribution is -0.0436. The predicted molar refractivity (Wildman–Crippen MR) is 145 cm³/mol. The molecule has 14 heteroatoms. The smallest absolute Gasteiger partial charge is 0.493 e. The van der Waals surface area contributed by atoms with Gasteiger partial charge in [-0.15, -0.1) is 0 Å². The largest absolute Gasteiger partial charge is 0.501 e. The summed E-state index contributed by atoms with van der Waals surface area (Å²) >= 11 is 0. The molecule has 0 aliphatic carbocycles. The number of aromatic nitrogens is 3. The van der Waals surface area contributed by atoms with Crippen LogP contribution in [-0.4, -0.2) is 89.3 Å². The number of piperazine rings is 1. The number of anilines is 1. The van der Waals surface area contributed by atoms with Crippen molar-refractivity contribution in [2.45, 2.75) is 37.3 Å². The van der Waals surface area contributed by atoms with Crippen molar-refractivity contribution >= 4 is 15.7 Å². The van der Waals surface area contributed by atoms with Crippen LogP contribution >= 0.6 is 0 Å². The van der Waals surface area contributed by atoms with Gasteiger partial charge in [0.25, 0.3) is 9.84 Å². The van der Waals surface area contributed by atoms with E-state index < -0.39 is 38.0 Å². The second-order valence-corrected chi connectivity index (χ2v) is 11.6. The lowest BCUT2D eigenvalue weighted by Crippen LogP contribution is -2.45. The Morgan fingerprint density at radius 3 is 2.20 bits per heavy atom. The molecule has 10 nitrogen and oxygen atoms in total. The topological polar surface area (TPSA) is 104 Å². The molecule has 0 spiro atoms. The molecule has 1 aromatic carbocycles. The van der Waals surface area contributed by atoms with Gasteiger partial charge >= 0.3 is 11.2 Å². The maximum atomic E-state index is 13.8. The molecule has 1 fully saturated rings. The van der Waals surface area contributed by atoms with Crippen LogP contribution in [0.3, 0.4) is 0 Å². The van der Waals surface area contributed by atoms with Gasteiger partial charge in [-0.25, -0.2) is 22.8 Å². The van der Waals surface area contributed by atoms with Gasteiger partial charge in [0.05, 0.1) is 16.3 Å². The molecule has 4 rings (SSSR count). The first-order valence-electron chi connectivity index (χ1n) is 12.9. The third-order valence-electron chi connectivity index (χ3n) is 7.30. The van der Waals surface area contributed by atoms with Gasteiger partial charge in [0.2, 0.25) is 5.88 Å². The van der Waals surface area contributed by atoms with Crippen molar-refractivity contribution in [3.63, 3.8) is 0 Å². The van der Waals surface area contributed by atoms with Gasteiger partial charge in [-0.3, -0.25) is 9.47 Å². The van der Waals surface area contributed by atoms with Gasteiger partial charge in [0.15, 0.2) is 0 Å². The summed E-state index contributed by atoms with van der Waals surface area (Å²) in [4.78, 5) is 23.9. The highest BCUT2D eigenvalue weighted by Gasteiger charge is 2.46. The number of nitrogens with zero attached hydrogens (tertiary/aromatic N) is 6. The first kappa shape index (κ1) is 29.6. The van der Waals surface area contributed by atoms with E-state index in [4.69, 9.17) is 0 Å². The Balaban J connectivity index is 1.80. The van der Waals surface area contributed by atoms with Gasteiger partial charge in [-0.1, -0.05) is 13.8 Å². The Morgan fingerprint density at radius 2 is 1.65 bits per heavy atom. The zero-order valence-electron chi connectivity index (χ0n) is 22.8. The second kappa shape index (κ2) is 11.3. The van der Waals surface area contributed by atoms with Crippen molar-refractivity contribution in [3.05, 3.63) is 64.3 Å². The second-order valence-electron chi connectivity index (χ2n) is 9.67. The van der Waals surface area contributed by atoms with E-state index in [2.05, 4.69) is 21.8 Å². The van der Waals surface area contributed by atoms with Gasteiger partial charge in [-0.2, -0.15) is 13.2 Å². The van der Waals surface area contributed by atoms with Crippen molar-refractivity contribution in [2.24, 2.45) is 0 Å². The molecule has 0 amide bonds. The van der Waals surface area contributed by atoms with Crippen molar-refractivity contribution < 1.29 is 26.7 Å². The highest BCUT2D eigenvalue weighted by atomic mass is 32.2. The zero-order valence-corrected chi connectivity index (χ0v) is 23.6. The summed E-state index contributed by atoms with van der Waals surface area (Å²) in [6.07, 6.45) is 1.07. The average Bonchev–Trinajstić information content (AvgIpc) is 3.14. The molecule has 218 valence electrons. The summed E-state index contributed by atoms with van der Waals surface area (Å²) in [5.41, 5.74) is -5.04. The van der Waals surface area contributed by atoms with E-state index in [9.17, 15) is 31.5 Å². The fraction of sp³-hybridized carbons (Fsp3) is 0.462. The molecule has 40 heavy (non-hydrogen) atoms. The Morgan fingerprint density at radius 1 is 1.05 bits per heavy atom. The molecule has 1 aliphatic rings. The lowest BCUT2D eigenvalue weighted by Gasteiger charge is -2.35. The number of halogens is 3. The Bertz CT molecular complexity index is 1510. The van der Waals surface area contributed by atoms with Gasteiger partial charge in [-0.05, 0) is 69.0 Å². The van der Waals surface area contributed by atoms with E-state index >= 15 is 0 Å². The van der Waals surface area contributed by atoms with Crippen molar-refractivity contribution in [2.75, 3.05) is 51.2 Å². The molecule has 1 N–H and O–H groups in total. The van der Waals surface area contributed by atoms with E-state index in [0.29, 0.717) is 13.1 Å². The normalized spacial score (nSPS) is 16.1. The number of likely N-dealkylation sites (N-methyl/N-ethyl adjacent to an activating group) is 1. The molecule has 3 heterocycles. The minimum absolute atomic E-state index is 0.0247. The van der Waals surface area contributed by atoms with E-state index in [1.54, 1.807) is 13.1 Å². The molecule has 1 atom stereocenters. The summed E-state index contributed by atoms with van der Waals surface area (Å²) in [7, 11) is -3.49. The number of pyridine rings is 1. The number of alkyl halides is 3. The zero-order chi connectivity index (χ0) is 29.4. The molecule has 0 saturated carbocycles. The maximum Gasteiger partial charge on any atom is 0.501 e. The number of imidazole rings is 1. The molecule has 1 aliphatic heterocycles. The lowest BCUT2D eigenvalue weighted by atomic mass is 10.1. The number of benzene rings is 1. The molecular formula is C26H33F3N6O4S. The van der Waals surface area contributed by atoms with Crippen LogP contribution in [-0.2, 0) is 9.84 Å². The molecule has 3 aromatic rings. The van der Waals surface area contributed by atoms with Crippen LogP contribution < -0.4 is 10.6 Å². The number of hydrogen-bond donors (Lipinski definition) is 1. The molecule has 0 bridgehead atoms. The third kappa shape index (κ3) is 5.34. The quantitative estimate of drug-likeness (QED) is 0.433. The fourth-order valence-corrected chi connectivity index (χ4v) is 5.70. The van der Waals surface area contributed by atoms with Gasteiger partial charge in [0, 0.05) is 32.4 Å². The van der Waals surface area contributed by atoms with Crippen LogP contribution in [0.25, 0.3) is 5.69 Å². The van der Waals surface area contributed by atoms with Crippen LogP contribution in [0.15, 0.2) is 52.3 Å². The summed E-state index contributed by atoms with van der Waals surface area (Å²) < 4.78 is 64.9. The van der Waals surface area contributed by atoms with Crippen molar-refractivity contribution in [1.29, 1.82) is 0 Å². The molecule has 0 radical (unpaired) electrons. The summed E-state index contributed by atoms with van der Waals surface area (Å²) in [5, 5.41) is 11.0.